The molecular weight excluding hydrogens is 266 g/mol. The number of rotatable bonds is 5. The number of carbonyl (C=O) groups excluding carboxylic acids is 1. The van der Waals surface area contributed by atoms with E-state index in [9.17, 15) is 13.8 Å². The van der Waals surface area contributed by atoms with Crippen LogP contribution in [0.3, 0.4) is 0 Å². The Labute approximate surface area is 114 Å². The van der Waals surface area contributed by atoms with Crippen LogP contribution >= 0.6 is 0 Å². The standard InChI is InChI=1S/C13H17NO4S/c1-4-14(3)12(15)8-19(18)10-6-5-9(2)11(7-10)13(16)17/h5-7H,4,8H2,1-3H3,(H,16,17). The van der Waals surface area contributed by atoms with E-state index in [-0.39, 0.29) is 17.2 Å². The molecule has 6 heteroatoms. The number of aryl methyl sites for hydroxylation is 1. The van der Waals surface area contributed by atoms with Gasteiger partial charge in [-0.05, 0) is 31.5 Å². The molecule has 0 aliphatic rings. The summed E-state index contributed by atoms with van der Waals surface area (Å²) in [5.74, 6) is -1.42. The maximum Gasteiger partial charge on any atom is 0.335 e. The summed E-state index contributed by atoms with van der Waals surface area (Å²) in [5.41, 5.74) is 0.715. The molecule has 5 nitrogen and oxygen atoms in total. The third-order valence-corrected chi connectivity index (χ3v) is 4.15. The first-order valence-electron chi connectivity index (χ1n) is 5.83. The van der Waals surface area contributed by atoms with E-state index in [1.807, 2.05) is 6.92 Å². The van der Waals surface area contributed by atoms with Crippen LogP contribution in [0, 0.1) is 6.92 Å². The van der Waals surface area contributed by atoms with Crippen molar-refractivity contribution in [2.75, 3.05) is 19.3 Å². The molecule has 1 aromatic rings. The van der Waals surface area contributed by atoms with Gasteiger partial charge in [0.1, 0.15) is 5.75 Å². The Morgan fingerprint density at radius 3 is 2.53 bits per heavy atom. The van der Waals surface area contributed by atoms with Gasteiger partial charge in [-0.15, -0.1) is 0 Å². The van der Waals surface area contributed by atoms with Gasteiger partial charge in [-0.25, -0.2) is 4.79 Å². The van der Waals surface area contributed by atoms with Gasteiger partial charge >= 0.3 is 5.97 Å². The molecule has 1 unspecified atom stereocenters. The minimum Gasteiger partial charge on any atom is -0.478 e. The summed E-state index contributed by atoms with van der Waals surface area (Å²) >= 11 is 0. The molecule has 0 saturated heterocycles. The van der Waals surface area contributed by atoms with Crippen LogP contribution < -0.4 is 0 Å². The molecule has 1 aromatic carbocycles. The lowest BCUT2D eigenvalue weighted by atomic mass is 10.1. The topological polar surface area (TPSA) is 74.7 Å². The zero-order valence-corrected chi connectivity index (χ0v) is 12.0. The molecular formula is C13H17NO4S. The third-order valence-electron chi connectivity index (χ3n) is 2.86. The first-order valence-corrected chi connectivity index (χ1v) is 7.15. The molecule has 0 spiro atoms. The molecule has 0 fully saturated rings. The molecule has 0 aliphatic heterocycles. The number of amides is 1. The number of benzene rings is 1. The highest BCUT2D eigenvalue weighted by Crippen LogP contribution is 2.15. The smallest absolute Gasteiger partial charge is 0.335 e. The first-order chi connectivity index (χ1) is 8.86. The lowest BCUT2D eigenvalue weighted by Gasteiger charge is -2.14. The summed E-state index contributed by atoms with van der Waals surface area (Å²) in [4.78, 5) is 24.5. The highest BCUT2D eigenvalue weighted by atomic mass is 32.2. The van der Waals surface area contributed by atoms with E-state index in [4.69, 9.17) is 5.11 Å². The Morgan fingerprint density at radius 1 is 1.37 bits per heavy atom. The highest BCUT2D eigenvalue weighted by molar-refractivity contribution is 7.85. The molecule has 0 aliphatic carbocycles. The van der Waals surface area contributed by atoms with Crippen molar-refractivity contribution >= 4 is 22.7 Å². The van der Waals surface area contributed by atoms with Crippen molar-refractivity contribution in [1.29, 1.82) is 0 Å². The molecule has 0 saturated carbocycles. The van der Waals surface area contributed by atoms with Gasteiger partial charge in [0.25, 0.3) is 0 Å². The minimum atomic E-state index is -1.53. The lowest BCUT2D eigenvalue weighted by Crippen LogP contribution is -2.30. The van der Waals surface area contributed by atoms with Crippen molar-refractivity contribution in [1.82, 2.24) is 4.90 Å². The number of carbonyl (C=O) groups is 2. The normalized spacial score (nSPS) is 11.9. The van der Waals surface area contributed by atoms with Crippen LogP contribution in [0.5, 0.6) is 0 Å². The molecule has 0 radical (unpaired) electrons. The first kappa shape index (κ1) is 15.4. The predicted octanol–water partition coefficient (Wildman–Crippen LogP) is 1.28. The van der Waals surface area contributed by atoms with Crippen LogP contribution in [0.4, 0.5) is 0 Å². The number of aromatic carboxylic acids is 1. The highest BCUT2D eigenvalue weighted by Gasteiger charge is 2.15. The van der Waals surface area contributed by atoms with Crippen LogP contribution in [0.1, 0.15) is 22.8 Å². The van der Waals surface area contributed by atoms with Crippen LogP contribution in [0.25, 0.3) is 0 Å². The van der Waals surface area contributed by atoms with Crippen molar-refractivity contribution in [3.8, 4) is 0 Å². The van der Waals surface area contributed by atoms with Gasteiger partial charge in [-0.1, -0.05) is 6.07 Å². The number of carboxylic acids is 1. The Kier molecular flexibility index (Phi) is 5.23. The summed E-state index contributed by atoms with van der Waals surface area (Å²) in [6.45, 7) is 4.05. The second-order valence-corrected chi connectivity index (χ2v) is 5.63. The monoisotopic (exact) mass is 283 g/mol. The van der Waals surface area contributed by atoms with Gasteiger partial charge in [-0.2, -0.15) is 0 Å². The van der Waals surface area contributed by atoms with Gasteiger partial charge in [0.2, 0.25) is 5.91 Å². The van der Waals surface area contributed by atoms with E-state index in [1.54, 1.807) is 26.1 Å². The van der Waals surface area contributed by atoms with Crippen LogP contribution in [-0.2, 0) is 15.6 Å². The van der Waals surface area contributed by atoms with Gasteiger partial charge in [0, 0.05) is 18.5 Å². The molecule has 1 amide bonds. The molecule has 1 atom stereocenters. The van der Waals surface area contributed by atoms with E-state index in [2.05, 4.69) is 0 Å². The number of hydrogen-bond donors (Lipinski definition) is 1. The molecule has 1 rings (SSSR count). The fourth-order valence-electron chi connectivity index (χ4n) is 1.46. The zero-order chi connectivity index (χ0) is 14.6. The summed E-state index contributed by atoms with van der Waals surface area (Å²) in [7, 11) is 0.111. The zero-order valence-electron chi connectivity index (χ0n) is 11.2. The fraction of sp³-hybridized carbons (Fsp3) is 0.385. The molecule has 1 N–H and O–H groups in total. The Bertz CT molecular complexity index is 527. The Balaban J connectivity index is 2.92. The molecule has 19 heavy (non-hydrogen) atoms. The molecule has 0 aromatic heterocycles. The van der Waals surface area contributed by atoms with Gasteiger partial charge < -0.3 is 10.0 Å². The maximum absolute atomic E-state index is 12.0. The van der Waals surface area contributed by atoms with E-state index in [0.717, 1.165) is 0 Å². The van der Waals surface area contributed by atoms with Crippen molar-refractivity contribution in [3.63, 3.8) is 0 Å². The predicted molar refractivity (Wildman–Crippen MR) is 72.7 cm³/mol. The summed E-state index contributed by atoms with van der Waals surface area (Å²) < 4.78 is 12.0. The van der Waals surface area contributed by atoms with Crippen molar-refractivity contribution in [3.05, 3.63) is 29.3 Å². The van der Waals surface area contributed by atoms with E-state index in [0.29, 0.717) is 17.0 Å². The lowest BCUT2D eigenvalue weighted by molar-refractivity contribution is -0.126. The van der Waals surface area contributed by atoms with Gasteiger partial charge in [-0.3, -0.25) is 9.00 Å². The Morgan fingerprint density at radius 2 is 2.00 bits per heavy atom. The van der Waals surface area contributed by atoms with Crippen LogP contribution in [0.15, 0.2) is 23.1 Å². The van der Waals surface area contributed by atoms with E-state index >= 15 is 0 Å². The summed E-state index contributed by atoms with van der Waals surface area (Å²) in [6.07, 6.45) is 0. The minimum absolute atomic E-state index is 0.113. The number of carboxylic acid groups (broad SMARTS) is 1. The van der Waals surface area contributed by atoms with Crippen LogP contribution in [-0.4, -0.2) is 45.4 Å². The quantitative estimate of drug-likeness (QED) is 0.883. The summed E-state index contributed by atoms with van der Waals surface area (Å²) in [5, 5.41) is 9.01. The van der Waals surface area contributed by atoms with Gasteiger partial charge in [0.15, 0.2) is 0 Å². The van der Waals surface area contributed by atoms with Crippen LogP contribution in [0.2, 0.25) is 0 Å². The second kappa shape index (κ2) is 6.47. The molecule has 104 valence electrons. The number of hydrogen-bond acceptors (Lipinski definition) is 3. The summed E-state index contributed by atoms with van der Waals surface area (Å²) in [6, 6.07) is 4.56. The largest absolute Gasteiger partial charge is 0.478 e. The SMILES string of the molecule is CCN(C)C(=O)CS(=O)c1ccc(C)c(C(=O)O)c1. The number of nitrogens with zero attached hydrogens (tertiary/aromatic N) is 1. The molecule has 0 heterocycles. The Hall–Kier alpha value is -1.69. The average molecular weight is 283 g/mol. The van der Waals surface area contributed by atoms with Crippen molar-refractivity contribution < 1.29 is 18.9 Å². The van der Waals surface area contributed by atoms with Crippen molar-refractivity contribution in [2.24, 2.45) is 0 Å². The van der Waals surface area contributed by atoms with E-state index < -0.39 is 16.8 Å². The van der Waals surface area contributed by atoms with E-state index in [1.165, 1.54) is 11.0 Å². The average Bonchev–Trinajstić information content (AvgIpc) is 2.37. The van der Waals surface area contributed by atoms with Gasteiger partial charge in [0.05, 0.1) is 16.4 Å². The third kappa shape index (κ3) is 3.89. The maximum atomic E-state index is 12.0. The van der Waals surface area contributed by atoms with Crippen molar-refractivity contribution in [2.45, 2.75) is 18.7 Å². The second-order valence-electron chi connectivity index (χ2n) is 4.18. The molecule has 0 bridgehead atoms. The fourth-order valence-corrected chi connectivity index (χ4v) is 2.54.